The fraction of sp³-hybridized carbons (Fsp3) is 0.368. The van der Waals surface area contributed by atoms with Crippen molar-refractivity contribution in [2.75, 3.05) is 31.2 Å². The molecule has 0 radical (unpaired) electrons. The van der Waals surface area contributed by atoms with Crippen molar-refractivity contribution in [2.24, 2.45) is 5.14 Å². The molecular weight excluding hydrogens is 398 g/mol. The summed E-state index contributed by atoms with van der Waals surface area (Å²) in [5, 5.41) is 8.33. The van der Waals surface area contributed by atoms with Gasteiger partial charge in [-0.25, -0.2) is 22.0 Å². The molecule has 0 aliphatic rings. The van der Waals surface area contributed by atoms with Crippen molar-refractivity contribution in [2.45, 2.75) is 29.7 Å². The zero-order chi connectivity index (χ0) is 20.9. The SMILES string of the molecule is CCN(CC)C(CNc1ccc(S(N)(=O)=O)cc1S(C)(=O)=O)c1ccccc1. The highest BCUT2D eigenvalue weighted by atomic mass is 32.2. The molecule has 154 valence electrons. The van der Waals surface area contributed by atoms with E-state index in [4.69, 9.17) is 5.14 Å². The first-order valence-electron chi connectivity index (χ1n) is 8.97. The van der Waals surface area contributed by atoms with Gasteiger partial charge in [0.1, 0.15) is 0 Å². The Labute approximate surface area is 167 Å². The zero-order valence-electron chi connectivity index (χ0n) is 16.3. The number of sulfone groups is 1. The maximum Gasteiger partial charge on any atom is 0.238 e. The molecule has 0 aliphatic carbocycles. The van der Waals surface area contributed by atoms with Crippen LogP contribution in [0.4, 0.5) is 5.69 Å². The molecule has 1 atom stereocenters. The van der Waals surface area contributed by atoms with Gasteiger partial charge in [-0.05, 0) is 36.9 Å². The van der Waals surface area contributed by atoms with Gasteiger partial charge in [0.05, 0.1) is 21.5 Å². The Hall–Kier alpha value is -1.94. The third-order valence-corrected chi connectivity index (χ3v) is 6.65. The number of benzene rings is 2. The van der Waals surface area contributed by atoms with Crippen LogP contribution in [0.3, 0.4) is 0 Å². The maximum atomic E-state index is 12.2. The Kier molecular flexibility index (Phi) is 7.22. The molecule has 0 amide bonds. The summed E-state index contributed by atoms with van der Waals surface area (Å²) in [5.41, 5.74) is 1.46. The average molecular weight is 426 g/mol. The Morgan fingerprint density at radius 3 is 2.11 bits per heavy atom. The number of nitrogens with zero attached hydrogens (tertiary/aromatic N) is 1. The van der Waals surface area contributed by atoms with E-state index in [9.17, 15) is 16.8 Å². The van der Waals surface area contributed by atoms with Crippen LogP contribution in [0.15, 0.2) is 58.3 Å². The van der Waals surface area contributed by atoms with Gasteiger partial charge in [-0.15, -0.1) is 0 Å². The van der Waals surface area contributed by atoms with E-state index in [0.29, 0.717) is 12.2 Å². The Balaban J connectivity index is 2.40. The molecule has 1 unspecified atom stereocenters. The molecule has 28 heavy (non-hydrogen) atoms. The standard InChI is InChI=1S/C19H27N3O4S2/c1-4-22(5-2)18(15-9-7-6-8-10-15)14-21-17-12-11-16(28(20,25)26)13-19(17)27(3,23)24/h6-13,18,21H,4-5,14H2,1-3H3,(H2,20,25,26). The van der Waals surface area contributed by atoms with Crippen molar-refractivity contribution in [3.8, 4) is 0 Å². The number of primary sulfonamides is 1. The van der Waals surface area contributed by atoms with Crippen LogP contribution >= 0.6 is 0 Å². The van der Waals surface area contributed by atoms with E-state index in [1.807, 2.05) is 30.3 Å². The minimum Gasteiger partial charge on any atom is -0.382 e. The van der Waals surface area contributed by atoms with Crippen molar-refractivity contribution in [3.05, 3.63) is 54.1 Å². The van der Waals surface area contributed by atoms with Crippen LogP contribution in [-0.2, 0) is 19.9 Å². The molecule has 0 saturated heterocycles. The highest BCUT2D eigenvalue weighted by molar-refractivity contribution is 7.91. The molecule has 0 saturated carbocycles. The lowest BCUT2D eigenvalue weighted by atomic mass is 10.0. The van der Waals surface area contributed by atoms with Gasteiger partial charge in [-0.3, -0.25) is 4.90 Å². The largest absolute Gasteiger partial charge is 0.382 e. The van der Waals surface area contributed by atoms with E-state index in [2.05, 4.69) is 24.1 Å². The number of hydrogen-bond donors (Lipinski definition) is 2. The molecule has 2 rings (SSSR count). The summed E-state index contributed by atoms with van der Waals surface area (Å²) in [4.78, 5) is 1.94. The number of likely N-dealkylation sites (N-methyl/N-ethyl adjacent to an activating group) is 1. The minimum atomic E-state index is -4.00. The van der Waals surface area contributed by atoms with Crippen molar-refractivity contribution in [3.63, 3.8) is 0 Å². The van der Waals surface area contributed by atoms with Gasteiger partial charge in [0.15, 0.2) is 9.84 Å². The summed E-state index contributed by atoms with van der Waals surface area (Å²) in [7, 11) is -7.65. The zero-order valence-corrected chi connectivity index (χ0v) is 17.9. The number of sulfonamides is 1. The molecule has 0 bridgehead atoms. The first-order chi connectivity index (χ1) is 13.1. The van der Waals surface area contributed by atoms with E-state index in [-0.39, 0.29) is 15.8 Å². The molecule has 7 nitrogen and oxygen atoms in total. The second-order valence-electron chi connectivity index (χ2n) is 6.50. The Morgan fingerprint density at radius 2 is 1.61 bits per heavy atom. The van der Waals surface area contributed by atoms with E-state index in [0.717, 1.165) is 31.0 Å². The molecule has 9 heteroatoms. The summed E-state index contributed by atoms with van der Waals surface area (Å²) >= 11 is 0. The van der Waals surface area contributed by atoms with E-state index in [1.165, 1.54) is 12.1 Å². The lowest BCUT2D eigenvalue weighted by Gasteiger charge is -2.31. The quantitative estimate of drug-likeness (QED) is 0.638. The summed E-state index contributed by atoms with van der Waals surface area (Å²) in [6.45, 7) is 6.27. The Bertz CT molecular complexity index is 1000. The molecule has 0 aromatic heterocycles. The van der Waals surface area contributed by atoms with Gasteiger partial charge >= 0.3 is 0 Å². The number of hydrogen-bond acceptors (Lipinski definition) is 6. The van der Waals surface area contributed by atoms with Crippen molar-refractivity contribution >= 4 is 25.5 Å². The first kappa shape index (κ1) is 22.4. The lowest BCUT2D eigenvalue weighted by molar-refractivity contribution is 0.228. The van der Waals surface area contributed by atoms with E-state index in [1.54, 1.807) is 0 Å². The number of nitrogens with two attached hydrogens (primary N) is 1. The predicted molar refractivity (Wildman–Crippen MR) is 112 cm³/mol. The minimum absolute atomic E-state index is 0.0292. The van der Waals surface area contributed by atoms with E-state index >= 15 is 0 Å². The van der Waals surface area contributed by atoms with Gasteiger partial charge < -0.3 is 5.32 Å². The van der Waals surface area contributed by atoms with Crippen molar-refractivity contribution < 1.29 is 16.8 Å². The predicted octanol–water partition coefficient (Wildman–Crippen LogP) is 2.23. The molecule has 0 heterocycles. The molecule has 2 aromatic rings. The monoisotopic (exact) mass is 425 g/mol. The van der Waals surface area contributed by atoms with Crippen molar-refractivity contribution in [1.82, 2.24) is 4.90 Å². The van der Waals surface area contributed by atoms with E-state index < -0.39 is 19.9 Å². The van der Waals surface area contributed by atoms with Crippen molar-refractivity contribution in [1.29, 1.82) is 0 Å². The highest BCUT2D eigenvalue weighted by Crippen LogP contribution is 2.27. The fourth-order valence-electron chi connectivity index (χ4n) is 3.14. The topological polar surface area (TPSA) is 110 Å². The maximum absolute atomic E-state index is 12.2. The van der Waals surface area contributed by atoms with Gasteiger partial charge in [0.2, 0.25) is 10.0 Å². The molecule has 3 N–H and O–H groups in total. The lowest BCUT2D eigenvalue weighted by Crippen LogP contribution is -2.33. The molecule has 0 fully saturated rings. The second-order valence-corrected chi connectivity index (χ2v) is 10.0. The van der Waals surface area contributed by atoms with Crippen LogP contribution in [0.25, 0.3) is 0 Å². The number of nitrogens with one attached hydrogen (secondary N) is 1. The fourth-order valence-corrected chi connectivity index (χ4v) is 4.63. The highest BCUT2D eigenvalue weighted by Gasteiger charge is 2.21. The third kappa shape index (κ3) is 5.54. The summed E-state index contributed by atoms with van der Waals surface area (Å²) in [5.74, 6) is 0. The molecule has 0 aliphatic heterocycles. The molecule has 2 aromatic carbocycles. The summed E-state index contributed by atoms with van der Waals surface area (Å²) < 4.78 is 47.6. The van der Waals surface area contributed by atoms with Gasteiger partial charge in [-0.1, -0.05) is 44.2 Å². The number of anilines is 1. The van der Waals surface area contributed by atoms with Crippen LogP contribution in [-0.4, -0.2) is 47.6 Å². The van der Waals surface area contributed by atoms with Gasteiger partial charge in [0, 0.05) is 12.8 Å². The molecular formula is C19H27N3O4S2. The normalized spacial score (nSPS) is 13.5. The smallest absolute Gasteiger partial charge is 0.238 e. The van der Waals surface area contributed by atoms with Crippen LogP contribution in [0.1, 0.15) is 25.5 Å². The van der Waals surface area contributed by atoms with Crippen LogP contribution in [0.5, 0.6) is 0 Å². The first-order valence-corrected chi connectivity index (χ1v) is 12.4. The Morgan fingerprint density at radius 1 is 1.00 bits per heavy atom. The van der Waals surface area contributed by atoms with Crippen LogP contribution < -0.4 is 10.5 Å². The summed E-state index contributed by atoms with van der Waals surface area (Å²) in [6, 6.07) is 13.8. The van der Waals surface area contributed by atoms with Crippen LogP contribution in [0, 0.1) is 0 Å². The molecule has 0 spiro atoms. The third-order valence-electron chi connectivity index (χ3n) is 4.60. The second kappa shape index (κ2) is 9.04. The summed E-state index contributed by atoms with van der Waals surface area (Å²) in [6.07, 6.45) is 1.04. The average Bonchev–Trinajstić information content (AvgIpc) is 2.64. The van der Waals surface area contributed by atoms with Crippen LogP contribution in [0.2, 0.25) is 0 Å². The van der Waals surface area contributed by atoms with Gasteiger partial charge in [-0.2, -0.15) is 0 Å². The van der Waals surface area contributed by atoms with Gasteiger partial charge in [0.25, 0.3) is 0 Å². The number of rotatable bonds is 9.